The first kappa shape index (κ1) is 31.3. The van der Waals surface area contributed by atoms with Gasteiger partial charge in [0, 0.05) is 37.7 Å². The first-order chi connectivity index (χ1) is 13.3. The van der Waals surface area contributed by atoms with E-state index < -0.39 is 33.7 Å². The first-order valence-corrected chi connectivity index (χ1v) is 12.1. The molecule has 7 nitrogen and oxygen atoms in total. The van der Waals surface area contributed by atoms with E-state index in [9.17, 15) is 22.6 Å². The van der Waals surface area contributed by atoms with Crippen molar-refractivity contribution in [1.29, 1.82) is 0 Å². The number of carbonyl (C=O) groups is 2. The summed E-state index contributed by atoms with van der Waals surface area (Å²) in [6, 6.07) is 0. The van der Waals surface area contributed by atoms with E-state index in [0.29, 0.717) is 12.8 Å². The minimum atomic E-state index is -4.73. The Balaban J connectivity index is 0. The number of carbonyl (C=O) groups excluding carboxylic acids is 2. The summed E-state index contributed by atoms with van der Waals surface area (Å²) in [4.78, 5) is 23.8. The van der Waals surface area contributed by atoms with Crippen LogP contribution in [0.3, 0.4) is 0 Å². The van der Waals surface area contributed by atoms with E-state index in [0.717, 1.165) is 57.8 Å². The van der Waals surface area contributed by atoms with Crippen LogP contribution in [0.5, 0.6) is 0 Å². The van der Waals surface area contributed by atoms with E-state index >= 15 is 0 Å². The predicted molar refractivity (Wildman–Crippen MR) is 114 cm³/mol. The second kappa shape index (κ2) is 20.0. The normalized spacial score (nSPS) is 12.1. The van der Waals surface area contributed by atoms with Crippen LogP contribution in [0.1, 0.15) is 97.3 Å². The van der Waals surface area contributed by atoms with Gasteiger partial charge in [-0.1, -0.05) is 78.1 Å². The number of ether oxygens (including phenoxy) is 2. The van der Waals surface area contributed by atoms with E-state index in [1.165, 1.54) is 6.42 Å². The molecule has 0 fully saturated rings. The van der Waals surface area contributed by atoms with E-state index in [-0.39, 0.29) is 51.0 Å². The summed E-state index contributed by atoms with van der Waals surface area (Å²) in [7, 11) is -4.73. The molecule has 0 aromatic carbocycles. The standard InChI is InChI=1S/C20H38O7S.Ca/c1-3-5-7-9-11-13-15-26-19(21)17-18(28(23,24)25)20(22)27-16-14-12-10-8-6-4-2;/h18H,3-17H2,1-2H3,(H,23,24,25);. The smallest absolute Gasteiger partial charge is 0.327 e. The number of hydrogen-bond donors (Lipinski definition) is 1. The van der Waals surface area contributed by atoms with Crippen LogP contribution >= 0.6 is 0 Å². The van der Waals surface area contributed by atoms with E-state index in [4.69, 9.17) is 9.47 Å². The summed E-state index contributed by atoms with van der Waals surface area (Å²) in [5, 5.41) is -1.93. The molecule has 0 aliphatic heterocycles. The fourth-order valence-electron chi connectivity index (χ4n) is 2.74. The van der Waals surface area contributed by atoms with Gasteiger partial charge in [0.1, 0.15) is 0 Å². The zero-order valence-electron chi connectivity index (χ0n) is 18.2. The van der Waals surface area contributed by atoms with Crippen LogP contribution in [0.15, 0.2) is 0 Å². The maximum atomic E-state index is 12.0. The second-order valence-electron chi connectivity index (χ2n) is 7.13. The van der Waals surface area contributed by atoms with Gasteiger partial charge < -0.3 is 9.47 Å². The number of unbranched alkanes of at least 4 members (excludes halogenated alkanes) is 10. The Bertz CT molecular complexity index is 523. The van der Waals surface area contributed by atoms with E-state index in [1.807, 2.05) is 0 Å². The third-order valence-corrected chi connectivity index (χ3v) is 5.56. The van der Waals surface area contributed by atoms with Crippen LogP contribution < -0.4 is 0 Å². The van der Waals surface area contributed by atoms with Gasteiger partial charge in [-0.3, -0.25) is 14.1 Å². The molecule has 168 valence electrons. The summed E-state index contributed by atoms with van der Waals surface area (Å²) >= 11 is 0. The molecular formula is C20H38CaO7S. The Hall–Kier alpha value is 0.110. The average molecular weight is 463 g/mol. The molecule has 0 heterocycles. The topological polar surface area (TPSA) is 107 Å². The zero-order chi connectivity index (χ0) is 21.3. The molecule has 1 N–H and O–H groups in total. The average Bonchev–Trinajstić information content (AvgIpc) is 2.63. The molecular weight excluding hydrogens is 424 g/mol. The minimum absolute atomic E-state index is 0. The van der Waals surface area contributed by atoms with Crippen LogP contribution in [0.25, 0.3) is 0 Å². The molecule has 0 saturated carbocycles. The maximum Gasteiger partial charge on any atom is 0.327 e. The third-order valence-electron chi connectivity index (χ3n) is 4.48. The van der Waals surface area contributed by atoms with Gasteiger partial charge >= 0.3 is 11.9 Å². The number of rotatable bonds is 18. The summed E-state index contributed by atoms with van der Waals surface area (Å²) in [5.74, 6) is -1.93. The van der Waals surface area contributed by atoms with Gasteiger partial charge in [-0.15, -0.1) is 0 Å². The minimum Gasteiger partial charge on any atom is -0.466 e. The van der Waals surface area contributed by atoms with Crippen molar-refractivity contribution in [2.24, 2.45) is 0 Å². The molecule has 0 aromatic heterocycles. The van der Waals surface area contributed by atoms with Crippen LogP contribution in [0.2, 0.25) is 0 Å². The fourth-order valence-corrected chi connectivity index (χ4v) is 3.39. The first-order valence-electron chi connectivity index (χ1n) is 10.6. The molecule has 0 rings (SSSR count). The maximum absolute atomic E-state index is 12.0. The molecule has 0 aromatic rings. The molecule has 0 amide bonds. The molecule has 29 heavy (non-hydrogen) atoms. The Morgan fingerprint density at radius 1 is 0.759 bits per heavy atom. The summed E-state index contributed by atoms with van der Waals surface area (Å²) in [5.41, 5.74) is 0. The van der Waals surface area contributed by atoms with Crippen molar-refractivity contribution >= 4 is 59.8 Å². The van der Waals surface area contributed by atoms with Crippen molar-refractivity contribution < 1.29 is 32.0 Å². The molecule has 0 aliphatic carbocycles. The van der Waals surface area contributed by atoms with E-state index in [1.54, 1.807) is 0 Å². The summed E-state index contributed by atoms with van der Waals surface area (Å²) in [6.07, 6.45) is 11.3. The van der Waals surface area contributed by atoms with Crippen LogP contribution in [0, 0.1) is 0 Å². The largest absolute Gasteiger partial charge is 0.466 e. The Morgan fingerprint density at radius 3 is 1.62 bits per heavy atom. The quantitative estimate of drug-likeness (QED) is 0.142. The van der Waals surface area contributed by atoms with Crippen molar-refractivity contribution in [3.63, 3.8) is 0 Å². The fraction of sp³-hybridized carbons (Fsp3) is 0.900. The Morgan fingerprint density at radius 2 is 1.17 bits per heavy atom. The molecule has 9 heteroatoms. The van der Waals surface area contributed by atoms with Crippen molar-refractivity contribution in [3.8, 4) is 0 Å². The molecule has 0 saturated heterocycles. The predicted octanol–water partition coefficient (Wildman–Crippen LogP) is 4.06. The van der Waals surface area contributed by atoms with E-state index in [2.05, 4.69) is 13.8 Å². The molecule has 1 unspecified atom stereocenters. The molecule has 1 atom stereocenters. The Kier molecular flexibility index (Phi) is 21.6. The van der Waals surface area contributed by atoms with Crippen LogP contribution in [0.4, 0.5) is 0 Å². The molecule has 0 aliphatic rings. The SMILES string of the molecule is CCCCCCCCOC(=O)CC(C(=O)OCCCCCCCC)S(=O)(=O)O.[Ca]. The van der Waals surface area contributed by atoms with Crippen molar-refractivity contribution in [2.45, 2.75) is 103 Å². The Labute approximate surface area is 206 Å². The van der Waals surface area contributed by atoms with Crippen molar-refractivity contribution in [1.82, 2.24) is 0 Å². The van der Waals surface area contributed by atoms with Gasteiger partial charge in [0.25, 0.3) is 10.1 Å². The number of hydrogen-bond acceptors (Lipinski definition) is 6. The van der Waals surface area contributed by atoms with Gasteiger partial charge in [-0.2, -0.15) is 8.42 Å². The monoisotopic (exact) mass is 462 g/mol. The summed E-state index contributed by atoms with van der Waals surface area (Å²) in [6.45, 7) is 4.50. The van der Waals surface area contributed by atoms with Gasteiger partial charge in [0.05, 0.1) is 19.6 Å². The molecule has 0 spiro atoms. The third kappa shape index (κ3) is 18.6. The zero-order valence-corrected chi connectivity index (χ0v) is 21.2. The summed E-state index contributed by atoms with van der Waals surface area (Å²) < 4.78 is 42.0. The van der Waals surface area contributed by atoms with Gasteiger partial charge in [0.2, 0.25) is 0 Å². The second-order valence-corrected chi connectivity index (χ2v) is 8.73. The molecule has 2 radical (unpaired) electrons. The van der Waals surface area contributed by atoms with Crippen LogP contribution in [-0.2, 0) is 29.2 Å². The van der Waals surface area contributed by atoms with Crippen molar-refractivity contribution in [3.05, 3.63) is 0 Å². The van der Waals surface area contributed by atoms with Gasteiger partial charge in [-0.25, -0.2) is 0 Å². The van der Waals surface area contributed by atoms with Gasteiger partial charge in [-0.05, 0) is 12.8 Å². The van der Waals surface area contributed by atoms with Gasteiger partial charge in [0.15, 0.2) is 5.25 Å². The van der Waals surface area contributed by atoms with Crippen molar-refractivity contribution in [2.75, 3.05) is 13.2 Å². The molecule has 0 bridgehead atoms. The number of esters is 2. The van der Waals surface area contributed by atoms with Crippen LogP contribution in [-0.4, -0.2) is 81.1 Å².